The fourth-order valence-electron chi connectivity index (χ4n) is 4.80. The highest BCUT2D eigenvalue weighted by molar-refractivity contribution is 7.13. The number of esters is 1. The Morgan fingerprint density at radius 1 is 1.17 bits per heavy atom. The molecule has 0 spiro atoms. The third-order valence-corrected chi connectivity index (χ3v) is 7.62. The average Bonchev–Trinajstić information content (AvgIpc) is 3.43. The highest BCUT2D eigenvalue weighted by Crippen LogP contribution is 2.42. The minimum absolute atomic E-state index is 0.0244. The summed E-state index contributed by atoms with van der Waals surface area (Å²) in [7, 11) is 0. The summed E-state index contributed by atoms with van der Waals surface area (Å²) in [5.74, 6) is -1.63. The number of hydrogen-bond donors (Lipinski definition) is 1. The zero-order valence-electron chi connectivity index (χ0n) is 23.0. The lowest BCUT2D eigenvalue weighted by atomic mass is 9.83. The first-order valence-corrected chi connectivity index (χ1v) is 14.0. The number of rotatable bonds is 7. The summed E-state index contributed by atoms with van der Waals surface area (Å²) in [5, 5.41) is 15.9. The molecule has 0 unspecified atom stereocenters. The Morgan fingerprint density at radius 2 is 1.86 bits per heavy atom. The van der Waals surface area contributed by atoms with Crippen molar-refractivity contribution < 1.29 is 33.2 Å². The Hall–Kier alpha value is -4.65. The predicted molar refractivity (Wildman–Crippen MR) is 150 cm³/mol. The molecule has 0 radical (unpaired) electrons. The van der Waals surface area contributed by atoms with Crippen LogP contribution in [-0.2, 0) is 25.7 Å². The first kappa shape index (κ1) is 28.9. The van der Waals surface area contributed by atoms with Crippen LogP contribution >= 0.6 is 11.3 Å². The van der Waals surface area contributed by atoms with E-state index in [2.05, 4.69) is 10.3 Å². The summed E-state index contributed by atoms with van der Waals surface area (Å²) in [5.41, 5.74) is 1.39. The number of alkyl carbamates (subject to hydrolysis) is 1. The number of carbonyl (C=O) groups is 3. The lowest BCUT2D eigenvalue weighted by Crippen LogP contribution is -2.71. The van der Waals surface area contributed by atoms with E-state index in [0.717, 1.165) is 0 Å². The molecule has 42 heavy (non-hydrogen) atoms. The van der Waals surface area contributed by atoms with Crippen molar-refractivity contribution in [2.24, 2.45) is 0 Å². The molecule has 0 bridgehead atoms. The number of nitro groups is 1. The molecule has 11 nitrogen and oxygen atoms in total. The van der Waals surface area contributed by atoms with Crippen LogP contribution in [0.3, 0.4) is 0 Å². The highest BCUT2D eigenvalue weighted by atomic mass is 32.1. The van der Waals surface area contributed by atoms with Gasteiger partial charge in [0, 0.05) is 28.6 Å². The Kier molecular flexibility index (Phi) is 7.78. The zero-order chi connectivity index (χ0) is 30.2. The molecule has 5 rings (SSSR count). The summed E-state index contributed by atoms with van der Waals surface area (Å²) in [4.78, 5) is 55.7. The van der Waals surface area contributed by atoms with Gasteiger partial charge in [-0.2, -0.15) is 0 Å². The SMILES string of the molecule is CC(C)(C)OC(=O)N[C@@H]1C(=O)N2C(C(=O)OCc3ccc([N+](=O)[O-])cc3)=C(c3csc(-c4ccc(F)cc4)n3)CC[C@H]12. The van der Waals surface area contributed by atoms with Crippen molar-refractivity contribution in [1.29, 1.82) is 0 Å². The molecule has 2 amide bonds. The van der Waals surface area contributed by atoms with Crippen LogP contribution in [0.5, 0.6) is 0 Å². The minimum Gasteiger partial charge on any atom is -0.456 e. The van der Waals surface area contributed by atoms with Crippen LogP contribution in [0.25, 0.3) is 16.1 Å². The molecular weight excluding hydrogens is 567 g/mol. The number of thiazole rings is 1. The smallest absolute Gasteiger partial charge is 0.408 e. The summed E-state index contributed by atoms with van der Waals surface area (Å²) in [6.45, 7) is 4.95. The van der Waals surface area contributed by atoms with E-state index in [-0.39, 0.29) is 23.8 Å². The standard InChI is InChI=1S/C29H27FN4O7S/c1-29(2,3)41-28(37)32-23-22-13-12-20(21-15-42-25(31-21)17-6-8-18(30)9-7-17)24(33(22)26(23)35)27(36)40-14-16-4-10-19(11-5-16)34(38)39/h4-11,15,22-23H,12-14H2,1-3H3,(H,32,37)/t22-,23+/m1/s1. The molecule has 0 aliphatic carbocycles. The molecule has 3 heterocycles. The van der Waals surface area contributed by atoms with Crippen LogP contribution in [0.4, 0.5) is 14.9 Å². The molecule has 1 aromatic heterocycles. The first-order chi connectivity index (χ1) is 19.9. The lowest BCUT2D eigenvalue weighted by Gasteiger charge is -2.50. The maximum atomic E-state index is 13.5. The second kappa shape index (κ2) is 11.3. The van der Waals surface area contributed by atoms with E-state index < -0.39 is 40.6 Å². The zero-order valence-corrected chi connectivity index (χ0v) is 23.8. The number of hydrogen-bond acceptors (Lipinski definition) is 9. The maximum Gasteiger partial charge on any atom is 0.408 e. The molecule has 2 aromatic carbocycles. The van der Waals surface area contributed by atoms with Crippen LogP contribution in [0.15, 0.2) is 59.6 Å². The van der Waals surface area contributed by atoms with Gasteiger partial charge in [-0.3, -0.25) is 19.8 Å². The Bertz CT molecular complexity index is 1580. The molecule has 2 aliphatic heterocycles. The fraction of sp³-hybridized carbons (Fsp3) is 0.310. The molecule has 1 N–H and O–H groups in total. The second-order valence-electron chi connectivity index (χ2n) is 10.8. The number of β-lactam (4-membered cyclic amide) rings is 1. The van der Waals surface area contributed by atoms with Gasteiger partial charge < -0.3 is 14.8 Å². The van der Waals surface area contributed by atoms with Crippen LogP contribution < -0.4 is 5.32 Å². The molecule has 1 fully saturated rings. The van der Waals surface area contributed by atoms with Gasteiger partial charge in [-0.05, 0) is 75.6 Å². The number of carbonyl (C=O) groups excluding carboxylic acids is 3. The Balaban J connectivity index is 1.42. The van der Waals surface area contributed by atoms with E-state index >= 15 is 0 Å². The van der Waals surface area contributed by atoms with Crippen LogP contribution in [0.1, 0.15) is 44.9 Å². The molecule has 0 saturated carbocycles. The van der Waals surface area contributed by atoms with Gasteiger partial charge in [0.25, 0.3) is 11.6 Å². The van der Waals surface area contributed by atoms with Gasteiger partial charge >= 0.3 is 12.1 Å². The van der Waals surface area contributed by atoms with E-state index in [1.807, 2.05) is 0 Å². The van der Waals surface area contributed by atoms with E-state index in [0.29, 0.717) is 40.2 Å². The number of benzene rings is 2. The largest absolute Gasteiger partial charge is 0.456 e. The van der Waals surface area contributed by atoms with E-state index in [1.54, 1.807) is 38.3 Å². The van der Waals surface area contributed by atoms with Crippen LogP contribution in [0.2, 0.25) is 0 Å². The van der Waals surface area contributed by atoms with Crippen molar-refractivity contribution in [1.82, 2.24) is 15.2 Å². The number of ether oxygens (including phenoxy) is 2. The first-order valence-electron chi connectivity index (χ1n) is 13.1. The summed E-state index contributed by atoms with van der Waals surface area (Å²) in [6, 6.07) is 10.1. The number of nitrogens with zero attached hydrogens (tertiary/aromatic N) is 3. The van der Waals surface area contributed by atoms with E-state index in [9.17, 15) is 28.9 Å². The normalized spacial score (nSPS) is 18.2. The van der Waals surface area contributed by atoms with Crippen molar-refractivity contribution in [3.63, 3.8) is 0 Å². The van der Waals surface area contributed by atoms with Crippen molar-refractivity contribution in [3.05, 3.63) is 86.8 Å². The van der Waals surface area contributed by atoms with Crippen molar-refractivity contribution in [3.8, 4) is 10.6 Å². The molecule has 2 aliphatic rings. The van der Waals surface area contributed by atoms with Crippen LogP contribution in [-0.4, -0.2) is 50.5 Å². The number of allylic oxidation sites excluding steroid dienone is 1. The van der Waals surface area contributed by atoms with Gasteiger partial charge in [-0.1, -0.05) is 0 Å². The number of non-ortho nitro benzene ring substituents is 1. The third kappa shape index (κ3) is 6.00. The van der Waals surface area contributed by atoms with Gasteiger partial charge in [0.1, 0.15) is 34.8 Å². The average molecular weight is 595 g/mol. The van der Waals surface area contributed by atoms with Crippen molar-refractivity contribution in [2.75, 3.05) is 0 Å². The highest BCUT2D eigenvalue weighted by Gasteiger charge is 2.54. The van der Waals surface area contributed by atoms with Gasteiger partial charge in [0.2, 0.25) is 0 Å². The monoisotopic (exact) mass is 594 g/mol. The number of nitrogens with one attached hydrogen (secondary N) is 1. The van der Waals surface area contributed by atoms with Crippen molar-refractivity contribution >= 4 is 40.6 Å². The molecule has 3 aromatic rings. The van der Waals surface area contributed by atoms with Gasteiger partial charge in [0.05, 0.1) is 16.7 Å². The topological polar surface area (TPSA) is 141 Å². The molecular formula is C29H27FN4O7S. The Morgan fingerprint density at radius 3 is 2.50 bits per heavy atom. The number of aromatic nitrogens is 1. The maximum absolute atomic E-state index is 13.5. The van der Waals surface area contributed by atoms with Gasteiger partial charge in [-0.15, -0.1) is 11.3 Å². The number of halogens is 1. The quantitative estimate of drug-likeness (QED) is 0.170. The van der Waals surface area contributed by atoms with Gasteiger partial charge in [-0.25, -0.2) is 19.0 Å². The second-order valence-corrected chi connectivity index (χ2v) is 11.7. The van der Waals surface area contributed by atoms with Gasteiger partial charge in [0.15, 0.2) is 0 Å². The molecule has 1 saturated heterocycles. The number of fused-ring (bicyclic) bond motifs is 1. The predicted octanol–water partition coefficient (Wildman–Crippen LogP) is 5.21. The number of nitro benzene ring substituents is 1. The minimum atomic E-state index is -0.871. The Labute approximate surface area is 244 Å². The summed E-state index contributed by atoms with van der Waals surface area (Å²) in [6.07, 6.45) is 0.0839. The third-order valence-electron chi connectivity index (χ3n) is 6.72. The number of amides is 2. The van der Waals surface area contributed by atoms with E-state index in [1.165, 1.54) is 52.6 Å². The fourth-order valence-corrected chi connectivity index (χ4v) is 5.65. The van der Waals surface area contributed by atoms with Crippen LogP contribution in [0, 0.1) is 15.9 Å². The molecule has 2 atom stereocenters. The summed E-state index contributed by atoms with van der Waals surface area (Å²) < 4.78 is 24.3. The lowest BCUT2D eigenvalue weighted by molar-refractivity contribution is -0.384. The van der Waals surface area contributed by atoms with E-state index in [4.69, 9.17) is 9.47 Å². The molecule has 13 heteroatoms. The molecule has 218 valence electrons. The summed E-state index contributed by atoms with van der Waals surface area (Å²) >= 11 is 1.31. The van der Waals surface area contributed by atoms with Crippen molar-refractivity contribution in [2.45, 2.75) is 57.9 Å².